The zero-order chi connectivity index (χ0) is 16.9. The molecule has 0 aromatic heterocycles. The Morgan fingerprint density at radius 2 is 1.75 bits per heavy atom. The third-order valence-corrected chi connectivity index (χ3v) is 4.22. The van der Waals surface area contributed by atoms with Gasteiger partial charge >= 0.3 is 0 Å². The van der Waals surface area contributed by atoms with E-state index in [-0.39, 0.29) is 17.7 Å². The number of aryl methyl sites for hydroxylation is 1. The van der Waals surface area contributed by atoms with Crippen LogP contribution in [-0.2, 0) is 17.8 Å². The van der Waals surface area contributed by atoms with Gasteiger partial charge in [-0.25, -0.2) is 0 Å². The molecule has 0 heterocycles. The lowest BCUT2D eigenvalue weighted by molar-refractivity contribution is -0.117. The van der Waals surface area contributed by atoms with Crippen LogP contribution in [0.4, 0.5) is 5.69 Å². The SMILES string of the molecule is CCc1ccc(CNC(=O)c2cccc(NC(=O)C3CC3)c2)cc1. The second-order valence-corrected chi connectivity index (χ2v) is 6.20. The van der Waals surface area contributed by atoms with Crippen LogP contribution in [0.3, 0.4) is 0 Å². The average molecular weight is 322 g/mol. The highest BCUT2D eigenvalue weighted by atomic mass is 16.2. The smallest absolute Gasteiger partial charge is 0.251 e. The van der Waals surface area contributed by atoms with Crippen molar-refractivity contribution in [2.24, 2.45) is 5.92 Å². The first kappa shape index (κ1) is 16.2. The van der Waals surface area contributed by atoms with Crippen LogP contribution in [0.15, 0.2) is 48.5 Å². The molecule has 1 fully saturated rings. The molecule has 2 amide bonds. The third kappa shape index (κ3) is 4.22. The van der Waals surface area contributed by atoms with Crippen molar-refractivity contribution in [1.82, 2.24) is 5.32 Å². The van der Waals surface area contributed by atoms with Crippen LogP contribution in [0.25, 0.3) is 0 Å². The molecule has 1 saturated carbocycles. The van der Waals surface area contributed by atoms with Crippen molar-refractivity contribution in [3.05, 3.63) is 65.2 Å². The van der Waals surface area contributed by atoms with Gasteiger partial charge in [-0.2, -0.15) is 0 Å². The molecule has 1 aliphatic carbocycles. The minimum atomic E-state index is -0.142. The molecule has 0 spiro atoms. The number of hydrogen-bond donors (Lipinski definition) is 2. The third-order valence-electron chi connectivity index (χ3n) is 4.22. The predicted molar refractivity (Wildman–Crippen MR) is 94.8 cm³/mol. The normalized spacial score (nSPS) is 13.4. The van der Waals surface area contributed by atoms with Gasteiger partial charge in [0.15, 0.2) is 0 Å². The first-order valence-electron chi connectivity index (χ1n) is 8.42. The second kappa shape index (κ2) is 7.30. The van der Waals surface area contributed by atoms with Gasteiger partial charge in [-0.05, 0) is 48.6 Å². The molecule has 0 atom stereocenters. The largest absolute Gasteiger partial charge is 0.348 e. The zero-order valence-electron chi connectivity index (χ0n) is 13.8. The molecule has 0 saturated heterocycles. The molecule has 2 aromatic rings. The molecule has 4 nitrogen and oxygen atoms in total. The summed E-state index contributed by atoms with van der Waals surface area (Å²) in [7, 11) is 0. The summed E-state index contributed by atoms with van der Waals surface area (Å²) >= 11 is 0. The van der Waals surface area contributed by atoms with Crippen LogP contribution < -0.4 is 10.6 Å². The molecule has 3 rings (SSSR count). The minimum absolute atomic E-state index is 0.0450. The van der Waals surface area contributed by atoms with Crippen LogP contribution in [0.1, 0.15) is 41.3 Å². The second-order valence-electron chi connectivity index (χ2n) is 6.20. The first-order valence-corrected chi connectivity index (χ1v) is 8.42. The Hall–Kier alpha value is -2.62. The van der Waals surface area contributed by atoms with Crippen LogP contribution in [-0.4, -0.2) is 11.8 Å². The molecule has 0 bridgehead atoms. The molecule has 0 radical (unpaired) electrons. The summed E-state index contributed by atoms with van der Waals surface area (Å²) in [5.74, 6) is 0.0502. The fourth-order valence-corrected chi connectivity index (χ4v) is 2.51. The fourth-order valence-electron chi connectivity index (χ4n) is 2.51. The van der Waals surface area contributed by atoms with E-state index in [2.05, 4.69) is 29.7 Å². The van der Waals surface area contributed by atoms with Crippen molar-refractivity contribution >= 4 is 17.5 Å². The first-order chi connectivity index (χ1) is 11.7. The van der Waals surface area contributed by atoms with Crippen molar-refractivity contribution in [1.29, 1.82) is 0 Å². The lowest BCUT2D eigenvalue weighted by atomic mass is 10.1. The van der Waals surface area contributed by atoms with Gasteiger partial charge in [0, 0.05) is 23.7 Å². The molecule has 2 N–H and O–H groups in total. The minimum Gasteiger partial charge on any atom is -0.348 e. The van der Waals surface area contributed by atoms with E-state index in [1.54, 1.807) is 24.3 Å². The van der Waals surface area contributed by atoms with Gasteiger partial charge in [0.05, 0.1) is 0 Å². The van der Waals surface area contributed by atoms with E-state index in [4.69, 9.17) is 0 Å². The number of hydrogen-bond acceptors (Lipinski definition) is 2. The van der Waals surface area contributed by atoms with Gasteiger partial charge in [-0.3, -0.25) is 9.59 Å². The number of benzene rings is 2. The van der Waals surface area contributed by atoms with Gasteiger partial charge in [-0.15, -0.1) is 0 Å². The predicted octanol–water partition coefficient (Wildman–Crippen LogP) is 3.53. The Morgan fingerprint density at radius 3 is 2.42 bits per heavy atom. The van der Waals surface area contributed by atoms with Crippen molar-refractivity contribution < 1.29 is 9.59 Å². The van der Waals surface area contributed by atoms with Gasteiger partial charge in [0.2, 0.25) is 5.91 Å². The maximum absolute atomic E-state index is 12.3. The topological polar surface area (TPSA) is 58.2 Å². The van der Waals surface area contributed by atoms with E-state index < -0.39 is 0 Å². The quantitative estimate of drug-likeness (QED) is 0.855. The highest BCUT2D eigenvalue weighted by molar-refractivity contribution is 5.98. The monoisotopic (exact) mass is 322 g/mol. The van der Waals surface area contributed by atoms with Crippen LogP contribution >= 0.6 is 0 Å². The fraction of sp³-hybridized carbons (Fsp3) is 0.300. The van der Waals surface area contributed by atoms with Crippen molar-refractivity contribution in [2.75, 3.05) is 5.32 Å². The van der Waals surface area contributed by atoms with E-state index >= 15 is 0 Å². The molecule has 4 heteroatoms. The Morgan fingerprint density at radius 1 is 1.04 bits per heavy atom. The van der Waals surface area contributed by atoms with Gasteiger partial charge in [-0.1, -0.05) is 37.3 Å². The molecule has 24 heavy (non-hydrogen) atoms. The number of carbonyl (C=O) groups excluding carboxylic acids is 2. The molecular weight excluding hydrogens is 300 g/mol. The highest BCUT2D eigenvalue weighted by Gasteiger charge is 2.29. The summed E-state index contributed by atoms with van der Waals surface area (Å²) in [4.78, 5) is 24.1. The lowest BCUT2D eigenvalue weighted by Crippen LogP contribution is -2.23. The summed E-state index contributed by atoms with van der Waals surface area (Å²) in [6.07, 6.45) is 2.93. The van der Waals surface area contributed by atoms with Crippen molar-refractivity contribution in [3.8, 4) is 0 Å². The van der Waals surface area contributed by atoms with Crippen LogP contribution in [0, 0.1) is 5.92 Å². The summed E-state index contributed by atoms with van der Waals surface area (Å²) < 4.78 is 0. The van der Waals surface area contributed by atoms with Crippen LogP contribution in [0.5, 0.6) is 0 Å². The molecule has 0 aliphatic heterocycles. The Kier molecular flexibility index (Phi) is 4.94. The maximum Gasteiger partial charge on any atom is 0.251 e. The van der Waals surface area contributed by atoms with Crippen molar-refractivity contribution in [2.45, 2.75) is 32.7 Å². The summed E-state index contributed by atoms with van der Waals surface area (Å²) in [5.41, 5.74) is 3.57. The lowest BCUT2D eigenvalue weighted by Gasteiger charge is -2.09. The van der Waals surface area contributed by atoms with E-state index in [1.807, 2.05) is 12.1 Å². The number of rotatable bonds is 6. The zero-order valence-corrected chi connectivity index (χ0v) is 13.8. The Bertz CT molecular complexity index is 734. The van der Waals surface area contributed by atoms with E-state index in [0.29, 0.717) is 17.8 Å². The molecule has 124 valence electrons. The average Bonchev–Trinajstić information content (AvgIpc) is 3.45. The number of carbonyl (C=O) groups is 2. The standard InChI is InChI=1S/C20H22N2O2/c1-2-14-6-8-15(9-7-14)13-21-19(23)17-4-3-5-18(12-17)22-20(24)16-10-11-16/h3-9,12,16H,2,10-11,13H2,1H3,(H,21,23)(H,22,24). The molecule has 1 aliphatic rings. The summed E-state index contributed by atoms with van der Waals surface area (Å²) in [6, 6.07) is 15.3. The Labute approximate surface area is 142 Å². The number of anilines is 1. The maximum atomic E-state index is 12.3. The molecule has 2 aromatic carbocycles. The molecular formula is C20H22N2O2. The van der Waals surface area contributed by atoms with E-state index in [9.17, 15) is 9.59 Å². The highest BCUT2D eigenvalue weighted by Crippen LogP contribution is 2.30. The summed E-state index contributed by atoms with van der Waals surface area (Å²) in [6.45, 7) is 2.60. The van der Waals surface area contributed by atoms with Gasteiger partial charge in [0.1, 0.15) is 0 Å². The van der Waals surface area contributed by atoms with E-state index in [1.165, 1.54) is 5.56 Å². The molecule has 0 unspecified atom stereocenters. The number of nitrogens with one attached hydrogen (secondary N) is 2. The van der Waals surface area contributed by atoms with Gasteiger partial charge in [0.25, 0.3) is 5.91 Å². The Balaban J connectivity index is 1.58. The van der Waals surface area contributed by atoms with Crippen molar-refractivity contribution in [3.63, 3.8) is 0 Å². The summed E-state index contributed by atoms with van der Waals surface area (Å²) in [5, 5.41) is 5.78. The van der Waals surface area contributed by atoms with E-state index in [0.717, 1.165) is 24.8 Å². The van der Waals surface area contributed by atoms with Gasteiger partial charge < -0.3 is 10.6 Å². The van der Waals surface area contributed by atoms with Crippen LogP contribution in [0.2, 0.25) is 0 Å². The number of amides is 2.